The maximum Gasteiger partial charge on any atom is 0.248 e. The molecule has 0 spiro atoms. The average Bonchev–Trinajstić information content (AvgIpc) is 2.57. The highest BCUT2D eigenvalue weighted by Crippen LogP contribution is 2.31. The number of amides is 1. The van der Waals surface area contributed by atoms with Crippen LogP contribution in [0.1, 0.15) is 16.7 Å². The van der Waals surface area contributed by atoms with Crippen LogP contribution in [0.5, 0.6) is 0 Å². The van der Waals surface area contributed by atoms with Crippen LogP contribution < -0.4 is 10.6 Å². The molecule has 0 atom stereocenters. The minimum atomic E-state index is -0.186. The first kappa shape index (κ1) is 16.2. The van der Waals surface area contributed by atoms with E-state index in [0.717, 1.165) is 35.2 Å². The zero-order valence-electron chi connectivity index (χ0n) is 12.4. The molecule has 1 aliphatic rings. The van der Waals surface area contributed by atoms with Crippen LogP contribution in [0, 0.1) is 0 Å². The molecule has 3 nitrogen and oxygen atoms in total. The number of halogens is 2. The summed E-state index contributed by atoms with van der Waals surface area (Å²) in [5.74, 6) is -0.186. The molecule has 0 saturated heterocycles. The normalized spacial score (nSPS) is 13.8. The van der Waals surface area contributed by atoms with Crippen LogP contribution in [0.2, 0.25) is 5.02 Å². The van der Waals surface area contributed by atoms with Crippen LogP contribution in [0.25, 0.3) is 6.08 Å². The monoisotopic (exact) mass is 390 g/mol. The topological polar surface area (TPSA) is 41.1 Å². The first-order chi connectivity index (χ1) is 11.1. The number of hydrogen-bond acceptors (Lipinski definition) is 2. The third-order valence-electron chi connectivity index (χ3n) is 3.79. The molecule has 0 saturated carbocycles. The van der Waals surface area contributed by atoms with Gasteiger partial charge in [0, 0.05) is 22.1 Å². The second-order valence-electron chi connectivity index (χ2n) is 5.34. The third kappa shape index (κ3) is 3.83. The standard InChI is InChI=1S/C18H16BrClN2O/c19-18-14-11-21-10-9-12(14)5-7-16(18)22-17(23)8-6-13-3-1-2-4-15(13)20/h1-8,21H,9-11H2,(H,22,23). The van der Waals surface area contributed by atoms with Crippen molar-refractivity contribution in [2.75, 3.05) is 11.9 Å². The Bertz CT molecular complexity index is 774. The summed E-state index contributed by atoms with van der Waals surface area (Å²) in [5.41, 5.74) is 4.13. The van der Waals surface area contributed by atoms with Gasteiger partial charge in [0.2, 0.25) is 5.91 Å². The van der Waals surface area contributed by atoms with Gasteiger partial charge in [-0.2, -0.15) is 0 Å². The van der Waals surface area contributed by atoms with Gasteiger partial charge in [0.25, 0.3) is 0 Å². The van der Waals surface area contributed by atoms with E-state index in [-0.39, 0.29) is 5.91 Å². The summed E-state index contributed by atoms with van der Waals surface area (Å²) < 4.78 is 0.946. The first-order valence-corrected chi connectivity index (χ1v) is 8.57. The van der Waals surface area contributed by atoms with Crippen molar-refractivity contribution >= 4 is 45.2 Å². The highest BCUT2D eigenvalue weighted by Gasteiger charge is 2.15. The van der Waals surface area contributed by atoms with Gasteiger partial charge >= 0.3 is 0 Å². The van der Waals surface area contributed by atoms with Gasteiger partial charge in [0.05, 0.1) is 5.69 Å². The van der Waals surface area contributed by atoms with E-state index in [4.69, 9.17) is 11.6 Å². The molecule has 5 heteroatoms. The number of rotatable bonds is 3. The van der Waals surface area contributed by atoms with E-state index in [1.54, 1.807) is 12.1 Å². The second kappa shape index (κ2) is 7.30. The van der Waals surface area contributed by atoms with Crippen LogP contribution in [0.3, 0.4) is 0 Å². The molecule has 0 aromatic heterocycles. The lowest BCUT2D eigenvalue weighted by atomic mass is 10.0. The molecule has 0 radical (unpaired) electrons. The number of anilines is 1. The maximum atomic E-state index is 12.1. The average molecular weight is 392 g/mol. The minimum Gasteiger partial charge on any atom is -0.321 e. The number of benzene rings is 2. The van der Waals surface area contributed by atoms with Gasteiger partial charge in [0.15, 0.2) is 0 Å². The molecule has 23 heavy (non-hydrogen) atoms. The highest BCUT2D eigenvalue weighted by atomic mass is 79.9. The number of carbonyl (C=O) groups is 1. The van der Waals surface area contributed by atoms with E-state index in [0.29, 0.717) is 5.02 Å². The third-order valence-corrected chi connectivity index (χ3v) is 5.04. The lowest BCUT2D eigenvalue weighted by molar-refractivity contribution is -0.111. The first-order valence-electron chi connectivity index (χ1n) is 7.40. The van der Waals surface area contributed by atoms with Crippen molar-refractivity contribution in [2.24, 2.45) is 0 Å². The molecule has 3 rings (SSSR count). The Morgan fingerprint density at radius 1 is 1.26 bits per heavy atom. The van der Waals surface area contributed by atoms with Crippen LogP contribution in [0.4, 0.5) is 5.69 Å². The molecular weight excluding hydrogens is 376 g/mol. The van der Waals surface area contributed by atoms with Crippen molar-refractivity contribution in [3.8, 4) is 0 Å². The molecule has 2 N–H and O–H groups in total. The van der Waals surface area contributed by atoms with E-state index >= 15 is 0 Å². The minimum absolute atomic E-state index is 0.186. The van der Waals surface area contributed by atoms with Crippen LogP contribution in [-0.4, -0.2) is 12.5 Å². The SMILES string of the molecule is O=C(C=Cc1ccccc1Cl)Nc1ccc2c(c1Br)CNCC2. The predicted octanol–water partition coefficient (Wildman–Crippen LogP) is 4.40. The van der Waals surface area contributed by atoms with Crippen molar-refractivity contribution in [3.05, 3.63) is 68.7 Å². The van der Waals surface area contributed by atoms with Crippen LogP contribution in [-0.2, 0) is 17.8 Å². The van der Waals surface area contributed by atoms with Gasteiger partial charge in [-0.1, -0.05) is 35.9 Å². The van der Waals surface area contributed by atoms with Crippen molar-refractivity contribution < 1.29 is 4.79 Å². The van der Waals surface area contributed by atoms with Gasteiger partial charge in [-0.25, -0.2) is 0 Å². The fraction of sp³-hybridized carbons (Fsp3) is 0.167. The predicted molar refractivity (Wildman–Crippen MR) is 98.7 cm³/mol. The largest absolute Gasteiger partial charge is 0.321 e. The van der Waals surface area contributed by atoms with Crippen molar-refractivity contribution in [3.63, 3.8) is 0 Å². The van der Waals surface area contributed by atoms with E-state index in [1.165, 1.54) is 17.2 Å². The summed E-state index contributed by atoms with van der Waals surface area (Å²) in [4.78, 5) is 12.1. The zero-order valence-corrected chi connectivity index (χ0v) is 14.7. The van der Waals surface area contributed by atoms with Crippen molar-refractivity contribution in [2.45, 2.75) is 13.0 Å². The van der Waals surface area contributed by atoms with Crippen LogP contribution >= 0.6 is 27.5 Å². The summed E-state index contributed by atoms with van der Waals surface area (Å²) in [6.07, 6.45) is 4.21. The summed E-state index contributed by atoms with van der Waals surface area (Å²) in [6.45, 7) is 1.81. The quantitative estimate of drug-likeness (QED) is 0.761. The number of nitrogens with one attached hydrogen (secondary N) is 2. The number of hydrogen-bond donors (Lipinski definition) is 2. The Morgan fingerprint density at radius 2 is 2.09 bits per heavy atom. The number of carbonyl (C=O) groups excluding carboxylic acids is 1. The summed E-state index contributed by atoms with van der Waals surface area (Å²) in [7, 11) is 0. The lowest BCUT2D eigenvalue weighted by Gasteiger charge is -2.20. The summed E-state index contributed by atoms with van der Waals surface area (Å²) in [5, 5.41) is 6.87. The Balaban J connectivity index is 1.75. The Labute approximate surface area is 148 Å². The molecular formula is C18H16BrClN2O. The lowest BCUT2D eigenvalue weighted by Crippen LogP contribution is -2.24. The molecule has 0 unspecified atom stereocenters. The zero-order chi connectivity index (χ0) is 16.2. The molecule has 0 fully saturated rings. The molecule has 2 aromatic carbocycles. The van der Waals surface area contributed by atoms with Crippen LogP contribution in [0.15, 0.2) is 46.9 Å². The van der Waals surface area contributed by atoms with Crippen molar-refractivity contribution in [1.82, 2.24) is 5.32 Å². The Morgan fingerprint density at radius 3 is 2.91 bits per heavy atom. The van der Waals surface area contributed by atoms with Gasteiger partial charge < -0.3 is 10.6 Å². The molecule has 2 aromatic rings. The maximum absolute atomic E-state index is 12.1. The van der Waals surface area contributed by atoms with E-state index in [9.17, 15) is 4.79 Å². The Kier molecular flexibility index (Phi) is 5.16. The molecule has 1 heterocycles. The van der Waals surface area contributed by atoms with E-state index in [1.807, 2.05) is 24.3 Å². The van der Waals surface area contributed by atoms with E-state index < -0.39 is 0 Å². The highest BCUT2D eigenvalue weighted by molar-refractivity contribution is 9.10. The second-order valence-corrected chi connectivity index (χ2v) is 6.54. The summed E-state index contributed by atoms with van der Waals surface area (Å²) >= 11 is 9.68. The fourth-order valence-corrected chi connectivity index (χ4v) is 3.39. The smallest absolute Gasteiger partial charge is 0.248 e. The van der Waals surface area contributed by atoms with E-state index in [2.05, 4.69) is 32.6 Å². The molecule has 0 aliphatic carbocycles. The molecule has 1 amide bonds. The molecule has 1 aliphatic heterocycles. The molecule has 0 bridgehead atoms. The Hall–Kier alpha value is -1.62. The number of fused-ring (bicyclic) bond motifs is 1. The van der Waals surface area contributed by atoms with Gasteiger partial charge in [0.1, 0.15) is 0 Å². The van der Waals surface area contributed by atoms with Gasteiger partial charge in [-0.15, -0.1) is 0 Å². The fourth-order valence-electron chi connectivity index (χ4n) is 2.57. The van der Waals surface area contributed by atoms with Gasteiger partial charge in [-0.3, -0.25) is 4.79 Å². The van der Waals surface area contributed by atoms with Crippen molar-refractivity contribution in [1.29, 1.82) is 0 Å². The molecule has 118 valence electrons. The van der Waals surface area contributed by atoms with Gasteiger partial charge in [-0.05, 0) is 63.8 Å². The summed E-state index contributed by atoms with van der Waals surface area (Å²) in [6, 6.07) is 11.4.